The van der Waals surface area contributed by atoms with Gasteiger partial charge in [0.15, 0.2) is 6.10 Å². The Bertz CT molecular complexity index is 1140. The maximum absolute atomic E-state index is 12.8. The summed E-state index contributed by atoms with van der Waals surface area (Å²) in [6.45, 7) is 3.30. The van der Waals surface area contributed by atoms with Gasteiger partial charge in [0.1, 0.15) is 43.2 Å². The van der Waals surface area contributed by atoms with Crippen molar-refractivity contribution in [2.75, 3.05) is 13.2 Å². The van der Waals surface area contributed by atoms with Crippen LogP contribution < -0.4 is 0 Å². The molecular weight excluding hydrogens is 815 g/mol. The normalized spacial score (nSPS) is 21.9. The minimum atomic E-state index is -5.12. The van der Waals surface area contributed by atoms with Crippen LogP contribution in [0.4, 0.5) is 0 Å². The highest BCUT2D eigenvalue weighted by Gasteiger charge is 2.51. The molecule has 1 saturated carbocycles. The van der Waals surface area contributed by atoms with Gasteiger partial charge in [0, 0.05) is 12.8 Å². The van der Waals surface area contributed by atoms with Crippen LogP contribution in [0.15, 0.2) is 12.2 Å². The number of aliphatic hydroxyl groups excluding tert-OH is 5. The Kier molecular flexibility index (Phi) is 36.7. The first kappa shape index (κ1) is 58.6. The van der Waals surface area contributed by atoms with Crippen molar-refractivity contribution < 1.29 is 63.1 Å². The van der Waals surface area contributed by atoms with Crippen LogP contribution in [0, 0.1) is 0 Å². The number of carbonyl (C=O) groups is 2. The van der Waals surface area contributed by atoms with Crippen LogP contribution in [-0.2, 0) is 32.7 Å². The van der Waals surface area contributed by atoms with Crippen LogP contribution in [0.25, 0.3) is 0 Å². The van der Waals surface area contributed by atoms with E-state index in [2.05, 4.69) is 13.8 Å². The van der Waals surface area contributed by atoms with Crippen molar-refractivity contribution in [3.8, 4) is 0 Å². The monoisotopic (exact) mass is 907 g/mol. The number of esters is 2. The molecule has 0 heterocycles. The van der Waals surface area contributed by atoms with Crippen LogP contribution in [0.2, 0.25) is 0 Å². The highest BCUT2D eigenvalue weighted by molar-refractivity contribution is 7.47. The van der Waals surface area contributed by atoms with Gasteiger partial charge >= 0.3 is 19.8 Å². The van der Waals surface area contributed by atoms with Gasteiger partial charge in [-0.2, -0.15) is 0 Å². The number of unbranched alkanes of at least 4 members (excludes halogenated alkanes) is 28. The molecule has 366 valence electrons. The molecule has 0 bridgehead atoms. The molecule has 62 heavy (non-hydrogen) atoms. The summed E-state index contributed by atoms with van der Waals surface area (Å²) in [7, 11) is -5.12. The topological polar surface area (TPSA) is 210 Å². The van der Waals surface area contributed by atoms with Gasteiger partial charge in [0.2, 0.25) is 0 Å². The summed E-state index contributed by atoms with van der Waals surface area (Å²) >= 11 is 0. The van der Waals surface area contributed by atoms with Crippen molar-refractivity contribution in [2.45, 2.75) is 268 Å². The predicted octanol–water partition coefficient (Wildman–Crippen LogP) is 10.2. The molecule has 1 rings (SSSR count). The molecule has 0 aromatic rings. The zero-order valence-corrected chi connectivity index (χ0v) is 39.8. The van der Waals surface area contributed by atoms with Crippen molar-refractivity contribution in [1.82, 2.24) is 0 Å². The summed E-state index contributed by atoms with van der Waals surface area (Å²) in [5.41, 5.74) is 0. The molecular formula is C48H91O13P. The Morgan fingerprint density at radius 2 is 0.855 bits per heavy atom. The van der Waals surface area contributed by atoms with Crippen LogP contribution >= 0.6 is 7.82 Å². The second kappa shape index (κ2) is 38.8. The van der Waals surface area contributed by atoms with Gasteiger partial charge in [0.25, 0.3) is 0 Å². The van der Waals surface area contributed by atoms with Crippen molar-refractivity contribution in [2.24, 2.45) is 0 Å². The Morgan fingerprint density at radius 1 is 0.484 bits per heavy atom. The summed E-state index contributed by atoms with van der Waals surface area (Å²) in [4.78, 5) is 35.7. The molecule has 0 aliphatic heterocycles. The van der Waals surface area contributed by atoms with Gasteiger partial charge in [-0.15, -0.1) is 0 Å². The number of carbonyl (C=O) groups excluding carboxylic acids is 2. The molecule has 0 radical (unpaired) electrons. The number of aliphatic hydroxyl groups is 5. The van der Waals surface area contributed by atoms with Gasteiger partial charge in [-0.3, -0.25) is 18.6 Å². The van der Waals surface area contributed by atoms with Crippen LogP contribution in [-0.4, -0.2) is 98.3 Å². The molecule has 1 aliphatic carbocycles. The quantitative estimate of drug-likeness (QED) is 0.0146. The Labute approximate surface area is 375 Å². The number of allylic oxidation sites excluding steroid dienone is 2. The van der Waals surface area contributed by atoms with Gasteiger partial charge in [-0.05, 0) is 25.7 Å². The fourth-order valence-corrected chi connectivity index (χ4v) is 8.81. The van der Waals surface area contributed by atoms with Crippen LogP contribution in [0.5, 0.6) is 0 Å². The van der Waals surface area contributed by atoms with E-state index in [-0.39, 0.29) is 12.8 Å². The van der Waals surface area contributed by atoms with Crippen molar-refractivity contribution in [3.05, 3.63) is 12.2 Å². The Hall–Kier alpha value is -1.41. The molecule has 1 fully saturated rings. The Balaban J connectivity index is 2.42. The average molecular weight is 907 g/mol. The van der Waals surface area contributed by atoms with Crippen LogP contribution in [0.3, 0.4) is 0 Å². The lowest BCUT2D eigenvalue weighted by Crippen LogP contribution is -2.64. The molecule has 13 nitrogen and oxygen atoms in total. The lowest BCUT2D eigenvalue weighted by Gasteiger charge is -2.41. The fourth-order valence-electron chi connectivity index (χ4n) is 7.84. The van der Waals surface area contributed by atoms with E-state index in [1.807, 2.05) is 12.2 Å². The lowest BCUT2D eigenvalue weighted by atomic mass is 9.85. The molecule has 6 unspecified atom stereocenters. The van der Waals surface area contributed by atoms with E-state index in [0.29, 0.717) is 12.8 Å². The van der Waals surface area contributed by atoms with E-state index in [1.165, 1.54) is 154 Å². The second-order valence-electron chi connectivity index (χ2n) is 17.7. The van der Waals surface area contributed by atoms with E-state index < -0.39 is 75.7 Å². The highest BCUT2D eigenvalue weighted by atomic mass is 31.2. The fraction of sp³-hybridized carbons (Fsp3) is 0.917. The summed E-state index contributed by atoms with van der Waals surface area (Å²) in [6, 6.07) is 0. The van der Waals surface area contributed by atoms with Gasteiger partial charge in [-0.1, -0.05) is 199 Å². The number of phosphoric ester groups is 1. The van der Waals surface area contributed by atoms with E-state index in [4.69, 9.17) is 18.5 Å². The molecule has 8 atom stereocenters. The number of rotatable bonds is 42. The number of hydrogen-bond donors (Lipinski definition) is 6. The summed E-state index contributed by atoms with van der Waals surface area (Å²) in [5.74, 6) is -1.14. The molecule has 14 heteroatoms. The van der Waals surface area contributed by atoms with Gasteiger partial charge < -0.3 is 39.9 Å². The second-order valence-corrected chi connectivity index (χ2v) is 19.1. The third kappa shape index (κ3) is 30.7. The highest BCUT2D eigenvalue weighted by Crippen LogP contribution is 2.47. The summed E-state index contributed by atoms with van der Waals surface area (Å²) < 4.78 is 33.5. The molecule has 0 amide bonds. The van der Waals surface area contributed by atoms with E-state index in [9.17, 15) is 44.6 Å². The SMILES string of the molecule is CCCCCCCCCCCCC/C=C/CCC(=O)O[C@@H](COC(=O)CCCCCCCCCCCCCCCCCCCC)COP(=O)(O)OC1C(O)C(O)C(O)[C@H](O)C1O. The summed E-state index contributed by atoms with van der Waals surface area (Å²) in [5, 5.41) is 50.2. The molecule has 0 aromatic carbocycles. The predicted molar refractivity (Wildman–Crippen MR) is 244 cm³/mol. The van der Waals surface area contributed by atoms with Crippen molar-refractivity contribution >= 4 is 19.8 Å². The zero-order chi connectivity index (χ0) is 45.7. The Morgan fingerprint density at radius 3 is 1.29 bits per heavy atom. The minimum Gasteiger partial charge on any atom is -0.462 e. The first-order valence-electron chi connectivity index (χ1n) is 25.0. The molecule has 1 aliphatic rings. The molecule has 6 N–H and O–H groups in total. The molecule has 0 aromatic heterocycles. The third-order valence-electron chi connectivity index (χ3n) is 11.9. The lowest BCUT2D eigenvalue weighted by molar-refractivity contribution is -0.220. The number of hydrogen-bond acceptors (Lipinski definition) is 12. The van der Waals surface area contributed by atoms with Crippen LogP contribution in [0.1, 0.15) is 226 Å². The largest absolute Gasteiger partial charge is 0.472 e. The van der Waals surface area contributed by atoms with Gasteiger partial charge in [-0.25, -0.2) is 4.57 Å². The minimum absolute atomic E-state index is 0.0182. The van der Waals surface area contributed by atoms with Crippen molar-refractivity contribution in [3.63, 3.8) is 0 Å². The molecule has 0 saturated heterocycles. The maximum atomic E-state index is 12.8. The molecule has 0 spiro atoms. The van der Waals surface area contributed by atoms with Gasteiger partial charge in [0.05, 0.1) is 6.61 Å². The standard InChI is InChI=1S/C48H91O13P/c1-3-5-7-9-11-13-15-17-19-20-21-23-24-26-28-30-32-34-36-41(49)58-38-40(39-59-62(56,57)61-48-46(54)44(52)43(51)45(53)47(48)55)60-42(50)37-35-33-31-29-27-25-22-18-16-14-12-10-8-6-4-2/h31,33,40,43-48,51-55H,3-30,32,34-39H2,1-2H3,(H,56,57)/b33-31+/t40-,43?,44-,45?,46?,47?,48?/m0/s1. The third-order valence-corrected chi connectivity index (χ3v) is 12.9. The zero-order valence-electron chi connectivity index (χ0n) is 38.9. The average Bonchev–Trinajstić information content (AvgIpc) is 3.25. The summed E-state index contributed by atoms with van der Waals surface area (Å²) in [6.07, 6.45) is 28.5. The smallest absolute Gasteiger partial charge is 0.462 e. The first-order valence-corrected chi connectivity index (χ1v) is 26.5. The van der Waals surface area contributed by atoms with E-state index >= 15 is 0 Å². The maximum Gasteiger partial charge on any atom is 0.472 e. The first-order chi connectivity index (χ1) is 29.9. The number of phosphoric acid groups is 1. The van der Waals surface area contributed by atoms with Crippen molar-refractivity contribution in [1.29, 1.82) is 0 Å². The van der Waals surface area contributed by atoms with E-state index in [0.717, 1.165) is 32.1 Å². The van der Waals surface area contributed by atoms with E-state index in [1.54, 1.807) is 0 Å². The number of ether oxygens (including phenoxy) is 2.